The molecule has 1 saturated carbocycles. The molecule has 4 nitrogen and oxygen atoms in total. The summed E-state index contributed by atoms with van der Waals surface area (Å²) in [6.45, 7) is 3.90. The largest absolute Gasteiger partial charge is 0.365 e. The molecular weight excluding hydrogens is 248 g/mol. The topological polar surface area (TPSA) is 51.2 Å². The Bertz CT molecular complexity index is 399. The third-order valence-electron chi connectivity index (χ3n) is 3.20. The van der Waals surface area contributed by atoms with Gasteiger partial charge >= 0.3 is 0 Å². The van der Waals surface area contributed by atoms with Crippen molar-refractivity contribution in [3.05, 3.63) is 11.8 Å². The van der Waals surface area contributed by atoms with Crippen LogP contribution < -0.4 is 5.32 Å². The Kier molecular flexibility index (Phi) is 4.72. The summed E-state index contributed by atoms with van der Waals surface area (Å²) in [5.41, 5.74) is 0.931. The smallest absolute Gasteiger partial charge is 0.254 e. The van der Waals surface area contributed by atoms with E-state index in [4.69, 9.17) is 4.74 Å². The zero-order valence-corrected chi connectivity index (χ0v) is 11.8. The van der Waals surface area contributed by atoms with Crippen LogP contribution in [0, 0.1) is 6.92 Å². The van der Waals surface area contributed by atoms with Crippen molar-refractivity contribution in [1.82, 2.24) is 4.37 Å². The van der Waals surface area contributed by atoms with E-state index in [0.29, 0.717) is 6.42 Å². The van der Waals surface area contributed by atoms with Gasteiger partial charge in [0, 0.05) is 0 Å². The van der Waals surface area contributed by atoms with Crippen molar-refractivity contribution in [3.8, 4) is 0 Å². The molecule has 100 valence electrons. The van der Waals surface area contributed by atoms with E-state index in [1.54, 1.807) is 0 Å². The van der Waals surface area contributed by atoms with Crippen molar-refractivity contribution >= 4 is 22.4 Å². The van der Waals surface area contributed by atoms with Crippen LogP contribution >= 0.6 is 11.5 Å². The van der Waals surface area contributed by atoms with Gasteiger partial charge in [0.15, 0.2) is 0 Å². The van der Waals surface area contributed by atoms with E-state index in [2.05, 4.69) is 9.69 Å². The van der Waals surface area contributed by atoms with E-state index < -0.39 is 0 Å². The molecule has 1 N–H and O–H groups in total. The molecule has 1 aliphatic rings. The third-order valence-corrected chi connectivity index (χ3v) is 3.99. The summed E-state index contributed by atoms with van der Waals surface area (Å²) >= 11 is 1.31. The third kappa shape index (κ3) is 3.53. The minimum atomic E-state index is -0.337. The maximum atomic E-state index is 12.1. The number of amides is 1. The van der Waals surface area contributed by atoms with Crippen LogP contribution in [-0.4, -0.2) is 22.5 Å². The minimum absolute atomic E-state index is 0.0481. The number of carbonyl (C=O) groups is 1. The molecule has 1 unspecified atom stereocenters. The van der Waals surface area contributed by atoms with Gasteiger partial charge in [-0.15, -0.1) is 0 Å². The Morgan fingerprint density at radius 2 is 2.33 bits per heavy atom. The second-order valence-electron chi connectivity index (χ2n) is 4.76. The molecule has 1 fully saturated rings. The molecule has 1 atom stereocenters. The standard InChI is InChI=1S/C13H20N2O2S/c1-3-11(17-10-6-4-5-7-10)13(16)14-12-8-9(2)15-18-12/h8,10-11H,3-7H2,1-2H3,(H,14,16). The first-order valence-corrected chi connectivity index (χ1v) is 7.36. The first-order valence-electron chi connectivity index (χ1n) is 6.58. The molecule has 1 aliphatic carbocycles. The molecule has 1 aromatic rings. The molecule has 0 aromatic carbocycles. The molecule has 2 rings (SSSR count). The van der Waals surface area contributed by atoms with E-state index in [-0.39, 0.29) is 18.1 Å². The van der Waals surface area contributed by atoms with Crippen LogP contribution in [0.2, 0.25) is 0 Å². The number of nitrogens with one attached hydrogen (secondary N) is 1. The first-order chi connectivity index (χ1) is 8.69. The van der Waals surface area contributed by atoms with E-state index >= 15 is 0 Å². The maximum absolute atomic E-state index is 12.1. The SMILES string of the molecule is CCC(OC1CCCC1)C(=O)Nc1cc(C)ns1. The summed E-state index contributed by atoms with van der Waals surface area (Å²) in [5, 5.41) is 3.68. The Balaban J connectivity index is 1.88. The Labute approximate surface area is 112 Å². The van der Waals surface area contributed by atoms with Crippen LogP contribution in [0.15, 0.2) is 6.07 Å². The highest BCUT2D eigenvalue weighted by atomic mass is 32.1. The molecule has 0 radical (unpaired) electrons. The molecule has 5 heteroatoms. The summed E-state index contributed by atoms with van der Waals surface area (Å²) in [7, 11) is 0. The average Bonchev–Trinajstić information content (AvgIpc) is 2.97. The molecule has 1 heterocycles. The quantitative estimate of drug-likeness (QED) is 0.892. The molecule has 1 aromatic heterocycles. The average molecular weight is 268 g/mol. The fourth-order valence-electron chi connectivity index (χ4n) is 2.22. The second-order valence-corrected chi connectivity index (χ2v) is 5.57. The van der Waals surface area contributed by atoms with Crippen LogP contribution in [0.5, 0.6) is 0 Å². The van der Waals surface area contributed by atoms with E-state index in [1.165, 1.54) is 24.4 Å². The predicted octanol–water partition coefficient (Wildman–Crippen LogP) is 3.13. The molecule has 1 amide bonds. The fourth-order valence-corrected chi connectivity index (χ4v) is 2.89. The van der Waals surface area contributed by atoms with Crippen molar-refractivity contribution in [3.63, 3.8) is 0 Å². The lowest BCUT2D eigenvalue weighted by molar-refractivity contribution is -0.131. The molecule has 18 heavy (non-hydrogen) atoms. The zero-order chi connectivity index (χ0) is 13.0. The van der Waals surface area contributed by atoms with Gasteiger partial charge in [0.1, 0.15) is 11.1 Å². The molecule has 0 aliphatic heterocycles. The van der Waals surface area contributed by atoms with Gasteiger partial charge in [0.25, 0.3) is 5.91 Å². The van der Waals surface area contributed by atoms with Crippen LogP contribution in [0.4, 0.5) is 5.00 Å². The van der Waals surface area contributed by atoms with Crippen LogP contribution in [0.1, 0.15) is 44.7 Å². The number of ether oxygens (including phenoxy) is 1. The highest BCUT2D eigenvalue weighted by molar-refractivity contribution is 7.10. The van der Waals surface area contributed by atoms with Gasteiger partial charge < -0.3 is 10.1 Å². The fraction of sp³-hybridized carbons (Fsp3) is 0.692. The lowest BCUT2D eigenvalue weighted by Crippen LogP contribution is -2.32. The summed E-state index contributed by atoms with van der Waals surface area (Å²) in [6, 6.07) is 1.88. The van der Waals surface area contributed by atoms with Gasteiger partial charge in [-0.05, 0) is 43.8 Å². The number of rotatable bonds is 5. The number of anilines is 1. The summed E-state index contributed by atoms with van der Waals surface area (Å²) in [5.74, 6) is -0.0481. The maximum Gasteiger partial charge on any atom is 0.254 e. The monoisotopic (exact) mass is 268 g/mol. The second kappa shape index (κ2) is 6.29. The highest BCUT2D eigenvalue weighted by Crippen LogP contribution is 2.24. The first kappa shape index (κ1) is 13.5. The van der Waals surface area contributed by atoms with Gasteiger partial charge in [0.05, 0.1) is 11.8 Å². The van der Waals surface area contributed by atoms with Crippen molar-refractivity contribution < 1.29 is 9.53 Å². The number of nitrogens with zero attached hydrogens (tertiary/aromatic N) is 1. The number of aryl methyl sites for hydroxylation is 1. The zero-order valence-electron chi connectivity index (χ0n) is 10.9. The van der Waals surface area contributed by atoms with Crippen LogP contribution in [-0.2, 0) is 9.53 Å². The Morgan fingerprint density at radius 3 is 2.89 bits per heavy atom. The van der Waals surface area contributed by atoms with Gasteiger partial charge in [-0.25, -0.2) is 0 Å². The number of aromatic nitrogens is 1. The van der Waals surface area contributed by atoms with Crippen molar-refractivity contribution in [1.29, 1.82) is 0 Å². The summed E-state index contributed by atoms with van der Waals surface area (Å²) < 4.78 is 10.0. The van der Waals surface area contributed by atoms with Crippen LogP contribution in [0.3, 0.4) is 0 Å². The van der Waals surface area contributed by atoms with Crippen molar-refractivity contribution in [2.24, 2.45) is 0 Å². The predicted molar refractivity (Wildman–Crippen MR) is 72.9 cm³/mol. The number of hydrogen-bond acceptors (Lipinski definition) is 4. The lowest BCUT2D eigenvalue weighted by Gasteiger charge is -2.19. The van der Waals surface area contributed by atoms with E-state index in [0.717, 1.165) is 23.5 Å². The number of carbonyl (C=O) groups excluding carboxylic acids is 1. The van der Waals surface area contributed by atoms with Crippen molar-refractivity contribution in [2.45, 2.75) is 58.2 Å². The lowest BCUT2D eigenvalue weighted by atomic mass is 10.2. The number of hydrogen-bond donors (Lipinski definition) is 1. The van der Waals surface area contributed by atoms with Gasteiger partial charge in [-0.3, -0.25) is 4.79 Å². The molecule has 0 spiro atoms. The van der Waals surface area contributed by atoms with E-state index in [9.17, 15) is 4.79 Å². The van der Waals surface area contributed by atoms with Gasteiger partial charge in [-0.1, -0.05) is 19.8 Å². The normalized spacial score (nSPS) is 17.9. The molecular formula is C13H20N2O2S. The van der Waals surface area contributed by atoms with Crippen LogP contribution in [0.25, 0.3) is 0 Å². The molecule has 0 saturated heterocycles. The minimum Gasteiger partial charge on any atom is -0.365 e. The van der Waals surface area contributed by atoms with E-state index in [1.807, 2.05) is 19.9 Å². The van der Waals surface area contributed by atoms with Gasteiger partial charge in [0.2, 0.25) is 0 Å². The summed E-state index contributed by atoms with van der Waals surface area (Å²) in [6.07, 6.45) is 5.25. The highest BCUT2D eigenvalue weighted by Gasteiger charge is 2.24. The summed E-state index contributed by atoms with van der Waals surface area (Å²) in [4.78, 5) is 12.1. The Morgan fingerprint density at radius 1 is 1.61 bits per heavy atom. The van der Waals surface area contributed by atoms with Crippen molar-refractivity contribution in [2.75, 3.05) is 5.32 Å². The molecule has 0 bridgehead atoms. The van der Waals surface area contributed by atoms with Gasteiger partial charge in [-0.2, -0.15) is 4.37 Å². The Hall–Kier alpha value is -0.940.